The van der Waals surface area contributed by atoms with E-state index >= 15 is 0 Å². The number of alkyl carbamates (subject to hydrolysis) is 1. The van der Waals surface area contributed by atoms with E-state index in [1.807, 2.05) is 24.3 Å². The van der Waals surface area contributed by atoms with Crippen LogP contribution in [0.5, 0.6) is 0 Å². The van der Waals surface area contributed by atoms with Crippen LogP contribution in [0.15, 0.2) is 66.7 Å². The lowest BCUT2D eigenvalue weighted by Gasteiger charge is -2.14. The number of carbonyl (C=O) groups is 1. The fourth-order valence-corrected chi connectivity index (χ4v) is 4.20. The van der Waals surface area contributed by atoms with Crippen molar-refractivity contribution in [3.63, 3.8) is 0 Å². The van der Waals surface area contributed by atoms with Crippen molar-refractivity contribution in [3.8, 4) is 11.1 Å². The smallest absolute Gasteiger partial charge is 0.407 e. The molecule has 3 aromatic carbocycles. The van der Waals surface area contributed by atoms with Crippen LogP contribution in [0.3, 0.4) is 0 Å². The van der Waals surface area contributed by atoms with Crippen molar-refractivity contribution in [1.29, 1.82) is 0 Å². The number of rotatable bonds is 6. The molecule has 1 aliphatic rings. The van der Waals surface area contributed by atoms with Gasteiger partial charge in [-0.2, -0.15) is 0 Å². The number of carbonyl (C=O) groups excluding carboxylic acids is 1. The van der Waals surface area contributed by atoms with Crippen LogP contribution < -0.4 is 5.32 Å². The van der Waals surface area contributed by atoms with E-state index in [2.05, 4.69) is 29.6 Å². The van der Waals surface area contributed by atoms with Gasteiger partial charge in [-0.05, 0) is 46.4 Å². The van der Waals surface area contributed by atoms with Crippen molar-refractivity contribution in [2.75, 3.05) is 13.2 Å². The van der Waals surface area contributed by atoms with Gasteiger partial charge in [0.1, 0.15) is 12.4 Å². The van der Waals surface area contributed by atoms with Gasteiger partial charge < -0.3 is 10.1 Å². The SMILES string of the molecule is O=C(NCCC=Cc1cc(Cl)cc(F)c1Cl)OCC1c2ccccc2-c2ccccc21. The molecule has 3 nitrogen and oxygen atoms in total. The fourth-order valence-electron chi connectivity index (χ4n) is 3.81. The number of ether oxygens (including phenoxy) is 1. The standard InChI is InChI=1S/C25H20Cl2FNO2/c26-17-13-16(24(27)23(28)14-17)7-5-6-12-29-25(30)31-15-22-20-10-3-1-8-18(20)19-9-2-4-11-21(19)22/h1-5,7-11,13-14,22H,6,12,15H2,(H,29,30). The molecule has 0 radical (unpaired) electrons. The normalized spacial score (nSPS) is 12.6. The predicted octanol–water partition coefficient (Wildman–Crippen LogP) is 7.07. The predicted molar refractivity (Wildman–Crippen MR) is 123 cm³/mol. The molecule has 0 saturated carbocycles. The first kappa shape index (κ1) is 21.4. The van der Waals surface area contributed by atoms with Crippen molar-refractivity contribution in [3.05, 3.63) is 99.3 Å². The van der Waals surface area contributed by atoms with Gasteiger partial charge in [-0.1, -0.05) is 83.9 Å². The van der Waals surface area contributed by atoms with Crippen LogP contribution in [-0.2, 0) is 4.74 Å². The van der Waals surface area contributed by atoms with E-state index in [1.54, 1.807) is 18.2 Å². The minimum absolute atomic E-state index is 0.0187. The van der Waals surface area contributed by atoms with Gasteiger partial charge in [-0.3, -0.25) is 0 Å². The Morgan fingerprint density at radius 2 is 1.68 bits per heavy atom. The first-order valence-electron chi connectivity index (χ1n) is 9.94. The lowest BCUT2D eigenvalue weighted by molar-refractivity contribution is 0.143. The number of nitrogens with one attached hydrogen (secondary N) is 1. The average Bonchev–Trinajstić information content (AvgIpc) is 3.09. The van der Waals surface area contributed by atoms with Gasteiger partial charge in [0.15, 0.2) is 0 Å². The van der Waals surface area contributed by atoms with E-state index in [0.29, 0.717) is 18.5 Å². The van der Waals surface area contributed by atoms with Gasteiger partial charge in [0.25, 0.3) is 0 Å². The molecule has 0 aromatic heterocycles. The summed E-state index contributed by atoms with van der Waals surface area (Å²) in [7, 11) is 0. The number of benzene rings is 3. The van der Waals surface area contributed by atoms with Crippen LogP contribution >= 0.6 is 23.2 Å². The summed E-state index contributed by atoms with van der Waals surface area (Å²) in [6.07, 6.45) is 3.54. The molecular weight excluding hydrogens is 436 g/mol. The lowest BCUT2D eigenvalue weighted by Crippen LogP contribution is -2.26. The molecule has 0 fully saturated rings. The molecule has 158 valence electrons. The number of amides is 1. The number of fused-ring (bicyclic) bond motifs is 3. The summed E-state index contributed by atoms with van der Waals surface area (Å²) in [4.78, 5) is 12.2. The Hall–Kier alpha value is -2.82. The molecule has 1 aliphatic carbocycles. The first-order valence-corrected chi connectivity index (χ1v) is 10.7. The molecule has 1 N–H and O–H groups in total. The summed E-state index contributed by atoms with van der Waals surface area (Å²) in [5.74, 6) is -0.538. The molecule has 0 aliphatic heterocycles. The maximum absolute atomic E-state index is 13.6. The van der Waals surface area contributed by atoms with Crippen LogP contribution in [0, 0.1) is 5.82 Å². The topological polar surface area (TPSA) is 38.3 Å². The zero-order chi connectivity index (χ0) is 21.8. The Labute approximate surface area is 190 Å². The maximum Gasteiger partial charge on any atom is 0.407 e. The van der Waals surface area contributed by atoms with Crippen molar-refractivity contribution in [2.45, 2.75) is 12.3 Å². The number of hydrogen-bond acceptors (Lipinski definition) is 2. The summed E-state index contributed by atoms with van der Waals surface area (Å²) in [5, 5.41) is 3.03. The monoisotopic (exact) mass is 455 g/mol. The minimum atomic E-state index is -0.564. The third-order valence-electron chi connectivity index (χ3n) is 5.24. The molecule has 0 heterocycles. The van der Waals surface area contributed by atoms with Crippen molar-refractivity contribution >= 4 is 35.4 Å². The van der Waals surface area contributed by atoms with Crippen molar-refractivity contribution < 1.29 is 13.9 Å². The maximum atomic E-state index is 13.6. The molecular formula is C25H20Cl2FNO2. The molecule has 0 bridgehead atoms. The Balaban J connectivity index is 1.29. The molecule has 6 heteroatoms. The number of hydrogen-bond donors (Lipinski definition) is 1. The summed E-state index contributed by atoms with van der Waals surface area (Å²) < 4.78 is 19.1. The first-order chi connectivity index (χ1) is 15.0. The Morgan fingerprint density at radius 3 is 2.35 bits per heavy atom. The van der Waals surface area contributed by atoms with Crippen LogP contribution in [-0.4, -0.2) is 19.2 Å². The van der Waals surface area contributed by atoms with Gasteiger partial charge in [0.05, 0.1) is 5.02 Å². The molecule has 0 atom stereocenters. The third kappa shape index (κ3) is 4.76. The number of halogens is 3. The van der Waals surface area contributed by atoms with E-state index in [-0.39, 0.29) is 22.6 Å². The molecule has 0 spiro atoms. The zero-order valence-corrected chi connectivity index (χ0v) is 18.1. The van der Waals surface area contributed by atoms with Crippen LogP contribution in [0.2, 0.25) is 10.0 Å². The molecule has 1 amide bonds. The van der Waals surface area contributed by atoms with Crippen molar-refractivity contribution in [2.24, 2.45) is 0 Å². The van der Waals surface area contributed by atoms with E-state index in [0.717, 1.165) is 0 Å². The summed E-state index contributed by atoms with van der Waals surface area (Å²) >= 11 is 11.8. The lowest BCUT2D eigenvalue weighted by atomic mass is 9.98. The third-order valence-corrected chi connectivity index (χ3v) is 5.86. The highest BCUT2D eigenvalue weighted by Gasteiger charge is 2.28. The molecule has 31 heavy (non-hydrogen) atoms. The Bertz CT molecular complexity index is 1100. The van der Waals surface area contributed by atoms with E-state index in [1.165, 1.54) is 28.3 Å². The highest BCUT2D eigenvalue weighted by atomic mass is 35.5. The van der Waals surface area contributed by atoms with Crippen molar-refractivity contribution in [1.82, 2.24) is 5.32 Å². The van der Waals surface area contributed by atoms with Gasteiger partial charge in [0, 0.05) is 17.5 Å². The molecule has 4 rings (SSSR count). The highest BCUT2D eigenvalue weighted by molar-refractivity contribution is 6.34. The molecule has 3 aromatic rings. The van der Waals surface area contributed by atoms with Crippen LogP contribution in [0.1, 0.15) is 29.0 Å². The van der Waals surface area contributed by atoms with Crippen LogP contribution in [0.25, 0.3) is 17.2 Å². The Morgan fingerprint density at radius 1 is 1.03 bits per heavy atom. The van der Waals surface area contributed by atoms with Crippen LogP contribution in [0.4, 0.5) is 9.18 Å². The van der Waals surface area contributed by atoms with Gasteiger partial charge in [-0.15, -0.1) is 0 Å². The van der Waals surface area contributed by atoms with Gasteiger partial charge in [-0.25, -0.2) is 9.18 Å². The largest absolute Gasteiger partial charge is 0.449 e. The van der Waals surface area contributed by atoms with E-state index in [4.69, 9.17) is 27.9 Å². The highest BCUT2D eigenvalue weighted by Crippen LogP contribution is 2.44. The summed E-state index contributed by atoms with van der Waals surface area (Å²) in [6, 6.07) is 19.1. The van der Waals surface area contributed by atoms with Gasteiger partial charge >= 0.3 is 6.09 Å². The Kier molecular flexibility index (Phi) is 6.59. The summed E-state index contributed by atoms with van der Waals surface area (Å²) in [6.45, 7) is 0.654. The fraction of sp³-hybridized carbons (Fsp3) is 0.160. The quantitative estimate of drug-likeness (QED) is 0.318. The van der Waals surface area contributed by atoms with E-state index < -0.39 is 11.9 Å². The second-order valence-corrected chi connectivity index (χ2v) is 8.05. The van der Waals surface area contributed by atoms with Gasteiger partial charge in [0.2, 0.25) is 0 Å². The molecule has 0 unspecified atom stereocenters. The average molecular weight is 456 g/mol. The second-order valence-electron chi connectivity index (χ2n) is 7.23. The second kappa shape index (κ2) is 9.54. The zero-order valence-electron chi connectivity index (χ0n) is 16.6. The van der Waals surface area contributed by atoms with E-state index in [9.17, 15) is 9.18 Å². The minimum Gasteiger partial charge on any atom is -0.449 e. The summed E-state index contributed by atoms with van der Waals surface area (Å²) in [5.41, 5.74) is 5.21. The molecule has 0 saturated heterocycles.